The van der Waals surface area contributed by atoms with E-state index in [-0.39, 0.29) is 23.7 Å². The Balaban J connectivity index is 1.24. The topological polar surface area (TPSA) is 90.0 Å². The SMILES string of the molecule is COc1ccccc1/C=C/C(=O)N1CC2[C@@]3(c4ccc5c(c4)OCCO5)CC[C@H](c4ccccc43)[C@@]2(C(=O)NCc2cccnc2)C1. The number of aromatic nitrogens is 1. The van der Waals surface area contributed by atoms with Crippen LogP contribution in [0.5, 0.6) is 17.2 Å². The number of nitrogens with one attached hydrogen (secondary N) is 1. The Morgan fingerprint density at radius 1 is 1.02 bits per heavy atom. The summed E-state index contributed by atoms with van der Waals surface area (Å²) >= 11 is 0. The zero-order chi connectivity index (χ0) is 32.0. The number of hydrogen-bond donors (Lipinski definition) is 1. The molecule has 2 bridgehead atoms. The van der Waals surface area contributed by atoms with E-state index in [2.05, 4.69) is 46.7 Å². The van der Waals surface area contributed by atoms with Crippen molar-refractivity contribution in [3.63, 3.8) is 0 Å². The second-order valence-electron chi connectivity index (χ2n) is 12.9. The summed E-state index contributed by atoms with van der Waals surface area (Å²) in [6.45, 7) is 2.16. The van der Waals surface area contributed by atoms with Crippen LogP contribution in [0.15, 0.2) is 97.3 Å². The molecule has 5 aliphatic rings. The van der Waals surface area contributed by atoms with E-state index in [1.807, 2.05) is 47.4 Å². The summed E-state index contributed by atoms with van der Waals surface area (Å²) in [5.74, 6) is 1.83. The number of pyridine rings is 1. The van der Waals surface area contributed by atoms with Crippen LogP contribution < -0.4 is 19.5 Å². The number of methoxy groups -OCH3 is 1. The fourth-order valence-corrected chi connectivity index (χ4v) is 8.89. The molecule has 3 heterocycles. The van der Waals surface area contributed by atoms with E-state index < -0.39 is 10.8 Å². The molecule has 1 unspecified atom stereocenters. The summed E-state index contributed by atoms with van der Waals surface area (Å²) in [5, 5.41) is 3.30. The summed E-state index contributed by atoms with van der Waals surface area (Å²) in [7, 11) is 1.62. The van der Waals surface area contributed by atoms with Gasteiger partial charge in [-0.25, -0.2) is 0 Å². The summed E-state index contributed by atoms with van der Waals surface area (Å²) in [6.07, 6.45) is 8.63. The van der Waals surface area contributed by atoms with E-state index in [1.54, 1.807) is 31.7 Å². The highest BCUT2D eigenvalue weighted by Crippen LogP contribution is 2.69. The number of likely N-dealkylation sites (tertiary alicyclic amines) is 1. The number of carbonyl (C=O) groups is 2. The van der Waals surface area contributed by atoms with Crippen molar-refractivity contribution in [2.45, 2.75) is 30.7 Å². The van der Waals surface area contributed by atoms with Gasteiger partial charge in [0, 0.05) is 60.9 Å². The summed E-state index contributed by atoms with van der Waals surface area (Å²) in [6, 6.07) is 26.3. The lowest BCUT2D eigenvalue weighted by molar-refractivity contribution is -0.139. The predicted octanol–water partition coefficient (Wildman–Crippen LogP) is 5.51. The lowest BCUT2D eigenvalue weighted by Crippen LogP contribution is -2.62. The molecule has 8 heteroatoms. The van der Waals surface area contributed by atoms with Crippen LogP contribution in [0.25, 0.3) is 6.08 Å². The molecular weight excluding hydrogens is 590 g/mol. The van der Waals surface area contributed by atoms with Gasteiger partial charge < -0.3 is 24.4 Å². The molecule has 3 aromatic carbocycles. The minimum Gasteiger partial charge on any atom is -0.496 e. The Morgan fingerprint density at radius 2 is 1.85 bits per heavy atom. The Bertz CT molecular complexity index is 1880. The fourth-order valence-electron chi connectivity index (χ4n) is 8.89. The maximum absolute atomic E-state index is 14.9. The Labute approximate surface area is 274 Å². The number of ether oxygens (including phenoxy) is 3. The fraction of sp³-hybridized carbons (Fsp3) is 0.308. The second kappa shape index (κ2) is 11.6. The molecule has 1 aromatic heterocycles. The average molecular weight is 628 g/mol. The van der Waals surface area contributed by atoms with Gasteiger partial charge in [0.1, 0.15) is 19.0 Å². The van der Waals surface area contributed by atoms with Gasteiger partial charge in [-0.05, 0) is 65.4 Å². The number of para-hydroxylation sites is 1. The van der Waals surface area contributed by atoms with Crippen molar-refractivity contribution in [3.05, 3.63) is 125 Å². The van der Waals surface area contributed by atoms with Gasteiger partial charge in [0.05, 0.1) is 12.5 Å². The minimum absolute atomic E-state index is 0.0171. The molecule has 2 amide bonds. The maximum atomic E-state index is 14.9. The first-order chi connectivity index (χ1) is 23.0. The second-order valence-corrected chi connectivity index (χ2v) is 12.9. The van der Waals surface area contributed by atoms with Gasteiger partial charge in [0.25, 0.3) is 0 Å². The standard InChI is InChI=1S/C39H37N3O5/c1-45-32-11-5-2-8-27(32)12-15-36(43)42-24-35-38(28-13-14-33-34(21-28)47-20-19-46-33)17-16-31(29-9-3-4-10-30(29)38)39(35,25-42)37(44)41-23-26-7-6-18-40-22-26/h2-15,18,21-22,31,35H,16-17,19-20,23-25H2,1H3,(H,41,44)/b15-12+/t31-,35?,38-,39+/m1/s1. The lowest BCUT2D eigenvalue weighted by Gasteiger charge is -2.60. The number of benzene rings is 3. The molecule has 1 saturated heterocycles. The Morgan fingerprint density at radius 3 is 2.70 bits per heavy atom. The monoisotopic (exact) mass is 627 g/mol. The zero-order valence-corrected chi connectivity index (χ0v) is 26.4. The molecule has 9 rings (SSSR count). The highest BCUT2D eigenvalue weighted by molar-refractivity contribution is 5.94. The van der Waals surface area contributed by atoms with Crippen molar-refractivity contribution in [2.75, 3.05) is 33.4 Å². The molecule has 1 N–H and O–H groups in total. The first kappa shape index (κ1) is 29.3. The van der Waals surface area contributed by atoms with Gasteiger partial charge in [0.15, 0.2) is 11.5 Å². The van der Waals surface area contributed by atoms with Crippen LogP contribution in [0.2, 0.25) is 0 Å². The average Bonchev–Trinajstić information content (AvgIpc) is 3.57. The van der Waals surface area contributed by atoms with Gasteiger partial charge in [0.2, 0.25) is 11.8 Å². The predicted molar refractivity (Wildman–Crippen MR) is 177 cm³/mol. The van der Waals surface area contributed by atoms with E-state index >= 15 is 0 Å². The number of rotatable bonds is 7. The molecule has 4 atom stereocenters. The summed E-state index contributed by atoms with van der Waals surface area (Å²) < 4.78 is 17.5. The van der Waals surface area contributed by atoms with Gasteiger partial charge in [-0.3, -0.25) is 14.6 Å². The molecular formula is C39H37N3O5. The smallest absolute Gasteiger partial charge is 0.246 e. The van der Waals surface area contributed by atoms with Crippen LogP contribution in [-0.2, 0) is 21.5 Å². The van der Waals surface area contributed by atoms with E-state index in [0.717, 1.165) is 41.0 Å². The van der Waals surface area contributed by atoms with E-state index in [0.29, 0.717) is 38.6 Å². The summed E-state index contributed by atoms with van der Waals surface area (Å²) in [4.78, 5) is 35.1. The minimum atomic E-state index is -0.837. The van der Waals surface area contributed by atoms with E-state index in [4.69, 9.17) is 14.2 Å². The number of amides is 2. The van der Waals surface area contributed by atoms with Gasteiger partial charge in [-0.2, -0.15) is 0 Å². The first-order valence-corrected chi connectivity index (χ1v) is 16.3. The van der Waals surface area contributed by atoms with Crippen LogP contribution in [0, 0.1) is 11.3 Å². The normalized spacial score (nSPS) is 25.3. The van der Waals surface area contributed by atoms with Crippen LogP contribution in [0.1, 0.15) is 46.6 Å². The van der Waals surface area contributed by atoms with Gasteiger partial charge in [-0.1, -0.05) is 54.6 Å². The molecule has 8 nitrogen and oxygen atoms in total. The molecule has 1 saturated carbocycles. The van der Waals surface area contributed by atoms with Crippen molar-refractivity contribution in [2.24, 2.45) is 11.3 Å². The van der Waals surface area contributed by atoms with Crippen molar-refractivity contribution >= 4 is 17.9 Å². The zero-order valence-electron chi connectivity index (χ0n) is 26.4. The Hall–Kier alpha value is -5.11. The van der Waals surface area contributed by atoms with E-state index in [9.17, 15) is 9.59 Å². The third-order valence-electron chi connectivity index (χ3n) is 10.9. The van der Waals surface area contributed by atoms with E-state index in [1.165, 1.54) is 11.1 Å². The highest BCUT2D eigenvalue weighted by atomic mass is 16.6. The number of hydrogen-bond acceptors (Lipinski definition) is 6. The first-order valence-electron chi connectivity index (χ1n) is 16.3. The molecule has 0 radical (unpaired) electrons. The number of nitrogens with zero attached hydrogens (tertiary/aromatic N) is 2. The summed E-state index contributed by atoms with van der Waals surface area (Å²) in [5.41, 5.74) is 3.95. The largest absolute Gasteiger partial charge is 0.496 e. The molecule has 47 heavy (non-hydrogen) atoms. The maximum Gasteiger partial charge on any atom is 0.246 e. The van der Waals surface area contributed by atoms with Crippen LogP contribution in [0.4, 0.5) is 0 Å². The molecule has 238 valence electrons. The number of carbonyl (C=O) groups excluding carboxylic acids is 2. The van der Waals surface area contributed by atoms with Crippen molar-refractivity contribution < 1.29 is 23.8 Å². The van der Waals surface area contributed by atoms with Crippen molar-refractivity contribution in [3.8, 4) is 17.2 Å². The van der Waals surface area contributed by atoms with Gasteiger partial charge >= 0.3 is 0 Å². The molecule has 2 fully saturated rings. The van der Waals surface area contributed by atoms with Crippen LogP contribution in [-0.4, -0.2) is 55.1 Å². The van der Waals surface area contributed by atoms with Crippen LogP contribution >= 0.6 is 0 Å². The number of fused-ring (bicyclic) bond motifs is 2. The van der Waals surface area contributed by atoms with Crippen LogP contribution in [0.3, 0.4) is 0 Å². The highest BCUT2D eigenvalue weighted by Gasteiger charge is 2.70. The molecule has 0 spiro atoms. The Kier molecular flexibility index (Phi) is 7.23. The van der Waals surface area contributed by atoms with Crippen molar-refractivity contribution in [1.29, 1.82) is 0 Å². The molecule has 2 aliphatic heterocycles. The third kappa shape index (κ3) is 4.60. The van der Waals surface area contributed by atoms with Gasteiger partial charge in [-0.15, -0.1) is 0 Å². The molecule has 3 aliphatic carbocycles. The molecule has 4 aromatic rings. The van der Waals surface area contributed by atoms with Crippen molar-refractivity contribution in [1.82, 2.24) is 15.2 Å². The lowest BCUT2D eigenvalue weighted by atomic mass is 9.42. The quantitative estimate of drug-likeness (QED) is 0.272. The third-order valence-corrected chi connectivity index (χ3v) is 10.9.